The normalized spacial score (nSPS) is 18.2. The summed E-state index contributed by atoms with van der Waals surface area (Å²) in [5.41, 5.74) is 0.916. The summed E-state index contributed by atoms with van der Waals surface area (Å²) in [5.74, 6) is -2.78. The molecule has 11 heteroatoms. The molecule has 0 saturated carbocycles. The van der Waals surface area contributed by atoms with Gasteiger partial charge >= 0.3 is 17.9 Å². The first-order valence-electron chi connectivity index (χ1n) is 12.2. The lowest BCUT2D eigenvalue weighted by atomic mass is 10.1. The van der Waals surface area contributed by atoms with Crippen molar-refractivity contribution in [2.75, 3.05) is 72.0 Å². The molecule has 0 bridgehead atoms. The molecule has 0 radical (unpaired) electrons. The molecular weight excluding hydrogens is 466 g/mol. The highest BCUT2D eigenvalue weighted by Crippen LogP contribution is 2.18. The number of carboxylic acids is 3. The maximum Gasteiger partial charge on any atom is 0.317 e. The first kappa shape index (κ1) is 27.5. The molecule has 3 rings (SSSR count). The minimum absolute atomic E-state index is 0.0928. The monoisotopic (exact) mass is 501 g/mol. The van der Waals surface area contributed by atoms with Crippen LogP contribution < -0.4 is 0 Å². The number of hydrogen-bond acceptors (Lipinski definition) is 8. The fourth-order valence-electron chi connectivity index (χ4n) is 4.54. The molecule has 0 amide bonds. The van der Waals surface area contributed by atoms with Crippen molar-refractivity contribution in [3.05, 3.63) is 42.2 Å². The van der Waals surface area contributed by atoms with Crippen molar-refractivity contribution in [1.82, 2.24) is 24.6 Å². The van der Waals surface area contributed by atoms with Gasteiger partial charge in [-0.3, -0.25) is 39.0 Å². The van der Waals surface area contributed by atoms with Crippen LogP contribution in [0.3, 0.4) is 0 Å². The van der Waals surface area contributed by atoms with E-state index in [-0.39, 0.29) is 19.6 Å². The van der Waals surface area contributed by atoms with Gasteiger partial charge in [0.1, 0.15) is 0 Å². The lowest BCUT2D eigenvalue weighted by Gasteiger charge is -2.29. The van der Waals surface area contributed by atoms with E-state index in [1.807, 2.05) is 40.1 Å². The van der Waals surface area contributed by atoms with Gasteiger partial charge in [0.05, 0.1) is 25.3 Å². The number of pyridine rings is 1. The van der Waals surface area contributed by atoms with Crippen LogP contribution in [0.5, 0.6) is 0 Å². The Kier molecular flexibility index (Phi) is 10.6. The van der Waals surface area contributed by atoms with Crippen LogP contribution in [0.15, 0.2) is 36.5 Å². The second-order valence-electron chi connectivity index (χ2n) is 9.12. The fourth-order valence-corrected chi connectivity index (χ4v) is 4.54. The van der Waals surface area contributed by atoms with Crippen LogP contribution in [0.2, 0.25) is 0 Å². The van der Waals surface area contributed by atoms with Gasteiger partial charge in [-0.25, -0.2) is 0 Å². The van der Waals surface area contributed by atoms with Crippen molar-refractivity contribution in [3.63, 3.8) is 0 Å². The number of nitrogens with zero attached hydrogens (tertiary/aromatic N) is 5. The Morgan fingerprint density at radius 1 is 0.667 bits per heavy atom. The van der Waals surface area contributed by atoms with Crippen LogP contribution in [0.1, 0.15) is 12.1 Å². The molecule has 1 aromatic carbocycles. The van der Waals surface area contributed by atoms with Crippen LogP contribution in [0.4, 0.5) is 0 Å². The van der Waals surface area contributed by atoms with E-state index in [0.29, 0.717) is 65.3 Å². The Morgan fingerprint density at radius 3 is 1.67 bits per heavy atom. The Hall–Kier alpha value is -3.12. The van der Waals surface area contributed by atoms with Gasteiger partial charge in [0.2, 0.25) is 0 Å². The lowest BCUT2D eigenvalue weighted by molar-refractivity contribution is -0.140. The van der Waals surface area contributed by atoms with Gasteiger partial charge in [0.15, 0.2) is 0 Å². The van der Waals surface area contributed by atoms with Crippen molar-refractivity contribution in [2.45, 2.75) is 13.0 Å². The number of carboxylic acid groups (broad SMARTS) is 3. The van der Waals surface area contributed by atoms with Gasteiger partial charge < -0.3 is 15.3 Å². The van der Waals surface area contributed by atoms with Gasteiger partial charge in [0, 0.05) is 70.5 Å². The van der Waals surface area contributed by atoms with Gasteiger partial charge in [-0.05, 0) is 17.9 Å². The van der Waals surface area contributed by atoms with Crippen molar-refractivity contribution < 1.29 is 29.7 Å². The molecule has 2 heterocycles. The zero-order valence-corrected chi connectivity index (χ0v) is 20.5. The third-order valence-electron chi connectivity index (χ3n) is 6.35. The molecule has 3 N–H and O–H groups in total. The van der Waals surface area contributed by atoms with Crippen LogP contribution in [-0.4, -0.2) is 130 Å². The summed E-state index contributed by atoms with van der Waals surface area (Å²) in [5, 5.41) is 30.2. The summed E-state index contributed by atoms with van der Waals surface area (Å²) in [6.07, 6.45) is 2.40. The molecule has 11 nitrogen and oxygen atoms in total. The lowest BCUT2D eigenvalue weighted by Crippen LogP contribution is -2.43. The van der Waals surface area contributed by atoms with E-state index in [9.17, 15) is 29.7 Å². The van der Waals surface area contributed by atoms with Gasteiger partial charge in [-0.2, -0.15) is 0 Å². The van der Waals surface area contributed by atoms with Crippen LogP contribution in [0.25, 0.3) is 10.8 Å². The van der Waals surface area contributed by atoms with Crippen LogP contribution in [-0.2, 0) is 20.9 Å². The molecule has 36 heavy (non-hydrogen) atoms. The molecule has 1 fully saturated rings. The SMILES string of the molecule is O=C(O)CN1CCCN(CC(=O)O)CCN(Cc2nccc3ccccc23)CCN(CC(=O)O)CC1. The topological polar surface area (TPSA) is 138 Å². The number of fused-ring (bicyclic) bond motifs is 1. The Morgan fingerprint density at radius 2 is 1.14 bits per heavy atom. The molecule has 2 aromatic rings. The van der Waals surface area contributed by atoms with E-state index in [2.05, 4.69) is 9.88 Å². The molecule has 0 spiro atoms. The Balaban J connectivity index is 1.81. The molecule has 0 atom stereocenters. The zero-order chi connectivity index (χ0) is 25.9. The smallest absolute Gasteiger partial charge is 0.317 e. The van der Waals surface area contributed by atoms with E-state index in [4.69, 9.17) is 0 Å². The van der Waals surface area contributed by atoms with Crippen molar-refractivity contribution in [1.29, 1.82) is 0 Å². The van der Waals surface area contributed by atoms with E-state index < -0.39 is 17.9 Å². The van der Waals surface area contributed by atoms with Crippen molar-refractivity contribution in [3.8, 4) is 0 Å². The van der Waals surface area contributed by atoms with Gasteiger partial charge in [-0.15, -0.1) is 0 Å². The highest BCUT2D eigenvalue weighted by atomic mass is 16.4. The third-order valence-corrected chi connectivity index (χ3v) is 6.35. The standard InChI is InChI=1S/C25H35N5O6/c31-23(32)17-27-8-3-9-28(18-24(33)34)11-14-30(19-25(35)36)15-13-29(12-10-27)16-22-21-5-2-1-4-20(21)6-7-26-22/h1-2,4-7H,3,8-19H2,(H,31,32)(H,33,34)(H,35,36). The molecule has 0 unspecified atom stereocenters. The van der Waals surface area contributed by atoms with Gasteiger partial charge in [-0.1, -0.05) is 24.3 Å². The molecule has 0 aliphatic carbocycles. The number of carbonyl (C=O) groups is 3. The highest BCUT2D eigenvalue weighted by molar-refractivity contribution is 5.84. The summed E-state index contributed by atoms with van der Waals surface area (Å²) in [6.45, 7) is 4.22. The van der Waals surface area contributed by atoms with E-state index in [0.717, 1.165) is 16.5 Å². The number of rotatable bonds is 8. The van der Waals surface area contributed by atoms with Gasteiger partial charge in [0.25, 0.3) is 0 Å². The zero-order valence-electron chi connectivity index (χ0n) is 20.5. The quantitative estimate of drug-likeness (QED) is 0.469. The molecule has 1 aliphatic rings. The second-order valence-corrected chi connectivity index (χ2v) is 9.12. The maximum absolute atomic E-state index is 11.5. The molecule has 196 valence electrons. The average molecular weight is 502 g/mol. The average Bonchev–Trinajstić information content (AvgIpc) is 2.83. The summed E-state index contributed by atoms with van der Waals surface area (Å²) in [4.78, 5) is 46.5. The minimum atomic E-state index is -0.944. The fraction of sp³-hybridized carbons (Fsp3) is 0.520. The Bertz CT molecular complexity index is 1030. The van der Waals surface area contributed by atoms with E-state index in [1.165, 1.54) is 0 Å². The number of benzene rings is 1. The summed E-state index contributed by atoms with van der Waals surface area (Å²) < 4.78 is 0. The first-order chi connectivity index (χ1) is 17.3. The van der Waals surface area contributed by atoms with E-state index in [1.54, 1.807) is 11.1 Å². The highest BCUT2D eigenvalue weighted by Gasteiger charge is 2.19. The third kappa shape index (κ3) is 9.15. The van der Waals surface area contributed by atoms with E-state index >= 15 is 0 Å². The largest absolute Gasteiger partial charge is 0.480 e. The second kappa shape index (κ2) is 13.8. The number of aromatic nitrogens is 1. The maximum atomic E-state index is 11.5. The van der Waals surface area contributed by atoms with Crippen molar-refractivity contribution in [2.24, 2.45) is 0 Å². The molecule has 1 saturated heterocycles. The number of hydrogen-bond donors (Lipinski definition) is 3. The predicted molar refractivity (Wildman–Crippen MR) is 134 cm³/mol. The predicted octanol–water partition coefficient (Wildman–Crippen LogP) is 0.600. The van der Waals surface area contributed by atoms with Crippen LogP contribution in [0, 0.1) is 0 Å². The summed E-state index contributed by atoms with van der Waals surface area (Å²) >= 11 is 0. The first-order valence-corrected chi connectivity index (χ1v) is 12.2. The molecular formula is C25H35N5O6. The summed E-state index contributed by atoms with van der Waals surface area (Å²) in [6, 6.07) is 9.98. The minimum Gasteiger partial charge on any atom is -0.480 e. The Labute approximate surface area is 210 Å². The molecule has 1 aliphatic heterocycles. The van der Waals surface area contributed by atoms with Crippen LogP contribution >= 0.6 is 0 Å². The van der Waals surface area contributed by atoms with Crippen molar-refractivity contribution >= 4 is 28.7 Å². The summed E-state index contributed by atoms with van der Waals surface area (Å²) in [7, 11) is 0. The molecule has 1 aromatic heterocycles. The number of aliphatic carboxylic acids is 3.